The van der Waals surface area contributed by atoms with E-state index in [1.165, 1.54) is 19.6 Å². The number of carbonyl (C=O) groups is 2. The molecule has 1 atom stereocenters. The van der Waals surface area contributed by atoms with E-state index in [-0.39, 0.29) is 23.8 Å². The van der Waals surface area contributed by atoms with Gasteiger partial charge in [-0.2, -0.15) is 0 Å². The van der Waals surface area contributed by atoms with Crippen molar-refractivity contribution in [1.29, 1.82) is 0 Å². The highest BCUT2D eigenvalue weighted by atomic mass is 16.5. The van der Waals surface area contributed by atoms with Crippen LogP contribution < -0.4 is 4.74 Å². The topological polar surface area (TPSA) is 107 Å². The lowest BCUT2D eigenvalue weighted by atomic mass is 10.0. The Balaban J connectivity index is 0.000000234. The summed E-state index contributed by atoms with van der Waals surface area (Å²) in [6.07, 6.45) is 2.82. The molecule has 0 bridgehead atoms. The summed E-state index contributed by atoms with van der Waals surface area (Å²) in [6, 6.07) is 11.6. The number of hydrogen-bond donors (Lipinski definition) is 3. The molecule has 0 aromatic heterocycles. The second kappa shape index (κ2) is 11.2. The van der Waals surface area contributed by atoms with Crippen molar-refractivity contribution in [3.63, 3.8) is 0 Å². The van der Waals surface area contributed by atoms with E-state index in [1.54, 1.807) is 36.4 Å². The zero-order chi connectivity index (χ0) is 21.2. The van der Waals surface area contributed by atoms with Gasteiger partial charge < -0.3 is 25.0 Å². The van der Waals surface area contributed by atoms with Crippen LogP contribution in [0, 0.1) is 0 Å². The molecule has 1 amide bonds. The van der Waals surface area contributed by atoms with E-state index in [0.717, 1.165) is 25.9 Å². The molecule has 1 aliphatic rings. The van der Waals surface area contributed by atoms with Gasteiger partial charge in [-0.25, -0.2) is 0 Å². The Bertz CT molecular complexity index is 817. The first-order valence-electron chi connectivity index (χ1n) is 9.51. The van der Waals surface area contributed by atoms with Crippen molar-refractivity contribution in [2.75, 3.05) is 26.8 Å². The third kappa shape index (κ3) is 5.79. The molecule has 2 aromatic carbocycles. The molecule has 0 radical (unpaired) electrons. The molecule has 2 aromatic rings. The van der Waals surface area contributed by atoms with Crippen molar-refractivity contribution in [1.82, 2.24) is 4.90 Å². The van der Waals surface area contributed by atoms with Gasteiger partial charge in [0.15, 0.2) is 6.29 Å². The van der Waals surface area contributed by atoms with Gasteiger partial charge in [0, 0.05) is 18.7 Å². The van der Waals surface area contributed by atoms with Crippen LogP contribution in [-0.4, -0.2) is 59.2 Å². The highest BCUT2D eigenvalue weighted by Gasteiger charge is 2.22. The van der Waals surface area contributed by atoms with Crippen molar-refractivity contribution in [2.45, 2.75) is 25.4 Å². The highest BCUT2D eigenvalue weighted by molar-refractivity contribution is 5.95. The molecule has 1 saturated heterocycles. The maximum atomic E-state index is 12.4. The third-order valence-electron chi connectivity index (χ3n) is 4.75. The molecule has 0 aliphatic carbocycles. The van der Waals surface area contributed by atoms with Gasteiger partial charge in [0.1, 0.15) is 17.6 Å². The lowest BCUT2D eigenvalue weighted by molar-refractivity contribution is 0.0701. The van der Waals surface area contributed by atoms with Crippen molar-refractivity contribution in [3.8, 4) is 11.5 Å². The average Bonchev–Trinajstić information content (AvgIpc) is 2.78. The van der Waals surface area contributed by atoms with E-state index in [4.69, 9.17) is 14.9 Å². The number of rotatable bonds is 5. The number of aromatic hydroxyl groups is 1. The largest absolute Gasteiger partial charge is 0.507 e. The Morgan fingerprint density at radius 3 is 2.41 bits per heavy atom. The number of phenols is 1. The maximum Gasteiger partial charge on any atom is 0.254 e. The number of nitrogens with zero attached hydrogens (tertiary/aromatic N) is 1. The van der Waals surface area contributed by atoms with E-state index in [0.29, 0.717) is 23.2 Å². The minimum Gasteiger partial charge on any atom is -0.507 e. The number of aliphatic hydroxyl groups is 2. The lowest BCUT2D eigenvalue weighted by Crippen LogP contribution is -2.36. The molecule has 0 spiro atoms. The van der Waals surface area contributed by atoms with Crippen LogP contribution >= 0.6 is 0 Å². The van der Waals surface area contributed by atoms with Gasteiger partial charge in [-0.15, -0.1) is 0 Å². The van der Waals surface area contributed by atoms with E-state index < -0.39 is 6.10 Å². The molecule has 1 heterocycles. The summed E-state index contributed by atoms with van der Waals surface area (Å²) < 4.78 is 4.83. The zero-order valence-electron chi connectivity index (χ0n) is 16.5. The van der Waals surface area contributed by atoms with Crippen molar-refractivity contribution >= 4 is 12.2 Å². The smallest absolute Gasteiger partial charge is 0.254 e. The summed E-state index contributed by atoms with van der Waals surface area (Å²) in [4.78, 5) is 24.6. The number of benzene rings is 2. The van der Waals surface area contributed by atoms with Gasteiger partial charge in [0.2, 0.25) is 0 Å². The quantitative estimate of drug-likeness (QED) is 0.665. The lowest BCUT2D eigenvalue weighted by Gasteiger charge is -2.28. The Morgan fingerprint density at radius 1 is 1.14 bits per heavy atom. The van der Waals surface area contributed by atoms with E-state index in [2.05, 4.69) is 0 Å². The van der Waals surface area contributed by atoms with E-state index in [9.17, 15) is 14.7 Å². The summed E-state index contributed by atoms with van der Waals surface area (Å²) in [7, 11) is 1.45. The van der Waals surface area contributed by atoms with Crippen LogP contribution in [0.5, 0.6) is 11.5 Å². The van der Waals surface area contributed by atoms with Crippen LogP contribution in [0.3, 0.4) is 0 Å². The number of amides is 1. The van der Waals surface area contributed by atoms with Gasteiger partial charge in [-0.05, 0) is 43.0 Å². The number of aliphatic hydroxyl groups excluding tert-OH is 2. The summed E-state index contributed by atoms with van der Waals surface area (Å²) in [6.45, 7) is 1.19. The van der Waals surface area contributed by atoms with Crippen molar-refractivity contribution in [2.24, 2.45) is 0 Å². The van der Waals surface area contributed by atoms with Crippen LogP contribution in [0.25, 0.3) is 0 Å². The van der Waals surface area contributed by atoms with Crippen molar-refractivity contribution < 1.29 is 29.6 Å². The van der Waals surface area contributed by atoms with E-state index >= 15 is 0 Å². The summed E-state index contributed by atoms with van der Waals surface area (Å²) in [5.41, 5.74) is 1.20. The van der Waals surface area contributed by atoms with Gasteiger partial charge in [0.25, 0.3) is 5.91 Å². The second-order valence-corrected chi connectivity index (χ2v) is 6.65. The van der Waals surface area contributed by atoms with Crippen LogP contribution in [0.1, 0.15) is 51.6 Å². The molecule has 3 rings (SSSR count). The molecular weight excluding hydrogens is 374 g/mol. The minimum absolute atomic E-state index is 0.0437. The summed E-state index contributed by atoms with van der Waals surface area (Å²) in [5, 5.41) is 27.9. The van der Waals surface area contributed by atoms with Crippen molar-refractivity contribution in [3.05, 3.63) is 59.2 Å². The molecule has 1 unspecified atom stereocenters. The Morgan fingerprint density at radius 2 is 1.83 bits per heavy atom. The molecule has 7 nitrogen and oxygen atoms in total. The number of piperidine rings is 1. The number of ether oxygens (including phenoxy) is 1. The molecular formula is C22H27NO6. The number of phenolic OH excluding ortho intramolecular Hbond substituents is 1. The number of carbonyl (C=O) groups excluding carboxylic acids is 2. The number of likely N-dealkylation sites (tertiary alicyclic amines) is 1. The first kappa shape index (κ1) is 22.4. The first-order valence-corrected chi connectivity index (χ1v) is 9.51. The molecule has 29 heavy (non-hydrogen) atoms. The fourth-order valence-corrected chi connectivity index (χ4v) is 3.18. The second-order valence-electron chi connectivity index (χ2n) is 6.65. The van der Waals surface area contributed by atoms with Crippen LogP contribution in [0.15, 0.2) is 42.5 Å². The number of methoxy groups -OCH3 is 1. The number of aldehydes is 1. The summed E-state index contributed by atoms with van der Waals surface area (Å²) >= 11 is 0. The average molecular weight is 401 g/mol. The molecule has 7 heteroatoms. The predicted molar refractivity (Wildman–Crippen MR) is 108 cm³/mol. The Kier molecular flexibility index (Phi) is 8.64. The van der Waals surface area contributed by atoms with Gasteiger partial charge in [0.05, 0.1) is 19.3 Å². The van der Waals surface area contributed by atoms with Crippen LogP contribution in [-0.2, 0) is 0 Å². The maximum absolute atomic E-state index is 12.4. The third-order valence-corrected chi connectivity index (χ3v) is 4.75. The van der Waals surface area contributed by atoms with Crippen LogP contribution in [0.2, 0.25) is 0 Å². The minimum atomic E-state index is -0.991. The predicted octanol–water partition coefficient (Wildman–Crippen LogP) is 2.55. The van der Waals surface area contributed by atoms with Crippen LogP contribution in [0.4, 0.5) is 0 Å². The molecule has 0 saturated carbocycles. The molecule has 1 fully saturated rings. The fourth-order valence-electron chi connectivity index (χ4n) is 3.18. The number of hydrogen-bond acceptors (Lipinski definition) is 6. The SMILES string of the molecule is COc1cccc(O)c1C=O.O=C(c1ccccc1C(O)CO)N1CCCCC1. The zero-order valence-corrected chi connectivity index (χ0v) is 16.5. The highest BCUT2D eigenvalue weighted by Crippen LogP contribution is 2.24. The monoisotopic (exact) mass is 401 g/mol. The van der Waals surface area contributed by atoms with E-state index in [1.807, 2.05) is 4.90 Å². The summed E-state index contributed by atoms with van der Waals surface area (Å²) in [5.74, 6) is 0.289. The molecule has 156 valence electrons. The fraction of sp³-hybridized carbons (Fsp3) is 0.364. The van der Waals surface area contributed by atoms with Gasteiger partial charge in [-0.3, -0.25) is 9.59 Å². The van der Waals surface area contributed by atoms with Gasteiger partial charge >= 0.3 is 0 Å². The normalized spacial score (nSPS) is 14.4. The molecule has 3 N–H and O–H groups in total. The standard InChI is InChI=1S/C14H19NO3.C8H8O3/c16-10-13(17)11-6-2-3-7-12(11)14(18)15-8-4-1-5-9-15;1-11-8-4-2-3-7(10)6(8)5-9/h2-3,6-7,13,16-17H,1,4-5,8-10H2;2-5,10H,1H3. The Labute approximate surface area is 170 Å². The van der Waals surface area contributed by atoms with Gasteiger partial charge in [-0.1, -0.05) is 24.3 Å². The Hall–Kier alpha value is -2.90. The molecule has 1 aliphatic heterocycles. The first-order chi connectivity index (χ1) is 14.0.